The molecule has 0 saturated carbocycles. The van der Waals surface area contributed by atoms with E-state index in [0.29, 0.717) is 11.3 Å². The maximum Gasteiger partial charge on any atom is 0.337 e. The largest absolute Gasteiger partial charge is 0.478 e. The van der Waals surface area contributed by atoms with Gasteiger partial charge in [-0.3, -0.25) is 4.68 Å². The highest BCUT2D eigenvalue weighted by Gasteiger charge is 2.14. The number of carbonyl (C=O) groups is 1. The number of para-hydroxylation sites is 1. The first-order valence-corrected chi connectivity index (χ1v) is 4.52. The van der Waals surface area contributed by atoms with Crippen molar-refractivity contribution >= 4 is 22.7 Å². The molecule has 2 rings (SSSR count). The lowest BCUT2D eigenvalue weighted by atomic mass is 10.1. The van der Waals surface area contributed by atoms with E-state index in [9.17, 15) is 4.79 Å². The van der Waals surface area contributed by atoms with Crippen LogP contribution in [0.5, 0.6) is 0 Å². The van der Waals surface area contributed by atoms with Gasteiger partial charge in [-0.1, -0.05) is 6.07 Å². The SMILES string of the molecule is CNc1nn(C)c2c(C(=O)O)cccc12. The number of carboxylic acids is 1. The normalized spacial score (nSPS) is 10.5. The Kier molecular flexibility index (Phi) is 2.07. The molecule has 0 aliphatic carbocycles. The summed E-state index contributed by atoms with van der Waals surface area (Å²) in [5.41, 5.74) is 0.901. The monoisotopic (exact) mass is 205 g/mol. The van der Waals surface area contributed by atoms with Gasteiger partial charge in [-0.2, -0.15) is 5.10 Å². The zero-order valence-electron chi connectivity index (χ0n) is 8.48. The summed E-state index contributed by atoms with van der Waals surface area (Å²) in [6, 6.07) is 5.14. The summed E-state index contributed by atoms with van der Waals surface area (Å²) in [5, 5.41) is 17.0. The van der Waals surface area contributed by atoms with Gasteiger partial charge in [0.1, 0.15) is 0 Å². The van der Waals surface area contributed by atoms with Crippen molar-refractivity contribution in [3.63, 3.8) is 0 Å². The van der Waals surface area contributed by atoms with Crippen molar-refractivity contribution in [3.05, 3.63) is 23.8 Å². The van der Waals surface area contributed by atoms with Gasteiger partial charge < -0.3 is 10.4 Å². The molecule has 78 valence electrons. The lowest BCUT2D eigenvalue weighted by Crippen LogP contribution is -2.00. The highest BCUT2D eigenvalue weighted by Crippen LogP contribution is 2.24. The van der Waals surface area contributed by atoms with Crippen LogP contribution >= 0.6 is 0 Å². The van der Waals surface area contributed by atoms with Crippen molar-refractivity contribution < 1.29 is 9.90 Å². The Hall–Kier alpha value is -2.04. The van der Waals surface area contributed by atoms with Gasteiger partial charge in [-0.05, 0) is 12.1 Å². The molecule has 0 radical (unpaired) electrons. The second-order valence-electron chi connectivity index (χ2n) is 3.23. The Morgan fingerprint density at radius 2 is 2.27 bits per heavy atom. The highest BCUT2D eigenvalue weighted by atomic mass is 16.4. The van der Waals surface area contributed by atoms with Crippen LogP contribution in [-0.4, -0.2) is 27.9 Å². The van der Waals surface area contributed by atoms with Crippen molar-refractivity contribution in [1.29, 1.82) is 0 Å². The summed E-state index contributed by atoms with van der Waals surface area (Å²) in [5.74, 6) is -0.248. The molecular weight excluding hydrogens is 194 g/mol. The lowest BCUT2D eigenvalue weighted by Gasteiger charge is -1.99. The Bertz CT molecular complexity index is 531. The van der Waals surface area contributed by atoms with E-state index in [1.54, 1.807) is 30.9 Å². The quantitative estimate of drug-likeness (QED) is 0.775. The van der Waals surface area contributed by atoms with E-state index in [1.165, 1.54) is 0 Å². The summed E-state index contributed by atoms with van der Waals surface area (Å²) in [6.07, 6.45) is 0. The van der Waals surface area contributed by atoms with E-state index in [1.807, 2.05) is 6.07 Å². The van der Waals surface area contributed by atoms with Crippen molar-refractivity contribution in [2.45, 2.75) is 0 Å². The molecule has 0 spiro atoms. The molecule has 0 saturated heterocycles. The van der Waals surface area contributed by atoms with Crippen LogP contribution in [0, 0.1) is 0 Å². The molecule has 15 heavy (non-hydrogen) atoms. The third-order valence-electron chi connectivity index (χ3n) is 2.33. The summed E-state index contributed by atoms with van der Waals surface area (Å²) in [4.78, 5) is 11.0. The predicted octanol–water partition coefficient (Wildman–Crippen LogP) is 1.31. The molecule has 0 amide bonds. The van der Waals surface area contributed by atoms with E-state index in [-0.39, 0.29) is 5.56 Å². The van der Waals surface area contributed by atoms with Crippen molar-refractivity contribution in [2.75, 3.05) is 12.4 Å². The predicted molar refractivity (Wildman–Crippen MR) is 57.2 cm³/mol. The molecule has 0 aliphatic rings. The number of rotatable bonds is 2. The first-order chi connectivity index (χ1) is 7.15. The second kappa shape index (κ2) is 3.27. The fourth-order valence-electron chi connectivity index (χ4n) is 1.69. The van der Waals surface area contributed by atoms with Crippen LogP contribution in [0.4, 0.5) is 5.82 Å². The summed E-state index contributed by atoms with van der Waals surface area (Å²) >= 11 is 0. The van der Waals surface area contributed by atoms with Crippen LogP contribution < -0.4 is 5.32 Å². The zero-order valence-corrected chi connectivity index (χ0v) is 8.48. The Morgan fingerprint density at radius 1 is 1.53 bits per heavy atom. The van der Waals surface area contributed by atoms with E-state index >= 15 is 0 Å². The third kappa shape index (κ3) is 1.32. The molecule has 0 unspecified atom stereocenters. The van der Waals surface area contributed by atoms with Crippen LogP contribution in [0.15, 0.2) is 18.2 Å². The molecular formula is C10H11N3O2. The van der Waals surface area contributed by atoms with Crippen molar-refractivity contribution in [1.82, 2.24) is 9.78 Å². The standard InChI is InChI=1S/C10H11N3O2/c1-11-9-6-4-3-5-7(10(14)15)8(6)13(2)12-9/h3-5H,1-2H3,(H,11,12)(H,14,15). The molecule has 2 aromatic rings. The van der Waals surface area contributed by atoms with Gasteiger partial charge in [0.15, 0.2) is 5.82 Å². The van der Waals surface area contributed by atoms with Gasteiger partial charge >= 0.3 is 5.97 Å². The molecule has 1 heterocycles. The number of benzene rings is 1. The zero-order chi connectivity index (χ0) is 11.0. The van der Waals surface area contributed by atoms with E-state index in [2.05, 4.69) is 10.4 Å². The molecule has 2 N–H and O–H groups in total. The van der Waals surface area contributed by atoms with Gasteiger partial charge in [0.05, 0.1) is 11.1 Å². The minimum atomic E-state index is -0.939. The minimum absolute atomic E-state index is 0.268. The van der Waals surface area contributed by atoms with Crippen LogP contribution in [0.3, 0.4) is 0 Å². The summed E-state index contributed by atoms with van der Waals surface area (Å²) in [7, 11) is 3.49. The number of fused-ring (bicyclic) bond motifs is 1. The number of hydrogen-bond acceptors (Lipinski definition) is 3. The molecule has 0 bridgehead atoms. The maximum atomic E-state index is 11.0. The molecule has 0 fully saturated rings. The number of anilines is 1. The van der Waals surface area contributed by atoms with Crippen LogP contribution in [-0.2, 0) is 7.05 Å². The Labute approximate surface area is 86.3 Å². The molecule has 0 atom stereocenters. The number of nitrogens with one attached hydrogen (secondary N) is 1. The average Bonchev–Trinajstić information content (AvgIpc) is 2.55. The number of aromatic nitrogens is 2. The molecule has 5 nitrogen and oxygen atoms in total. The van der Waals surface area contributed by atoms with Crippen molar-refractivity contribution in [2.24, 2.45) is 7.05 Å². The first-order valence-electron chi connectivity index (χ1n) is 4.52. The number of hydrogen-bond donors (Lipinski definition) is 2. The molecule has 5 heteroatoms. The first kappa shape index (κ1) is 9.51. The van der Waals surface area contributed by atoms with E-state index < -0.39 is 5.97 Å². The number of nitrogens with zero attached hydrogens (tertiary/aromatic N) is 2. The molecule has 1 aromatic heterocycles. The lowest BCUT2D eigenvalue weighted by molar-refractivity contribution is 0.0698. The van der Waals surface area contributed by atoms with Gasteiger partial charge in [0.25, 0.3) is 0 Å². The number of aryl methyl sites for hydroxylation is 1. The summed E-state index contributed by atoms with van der Waals surface area (Å²) in [6.45, 7) is 0. The summed E-state index contributed by atoms with van der Waals surface area (Å²) < 4.78 is 1.57. The Balaban J connectivity index is 2.86. The maximum absolute atomic E-state index is 11.0. The fourth-order valence-corrected chi connectivity index (χ4v) is 1.69. The van der Waals surface area contributed by atoms with Gasteiger partial charge in [0.2, 0.25) is 0 Å². The van der Waals surface area contributed by atoms with Gasteiger partial charge in [-0.15, -0.1) is 0 Å². The Morgan fingerprint density at radius 3 is 2.87 bits per heavy atom. The van der Waals surface area contributed by atoms with Gasteiger partial charge in [-0.25, -0.2) is 4.79 Å². The number of aromatic carboxylic acids is 1. The van der Waals surface area contributed by atoms with Crippen LogP contribution in [0.25, 0.3) is 10.9 Å². The minimum Gasteiger partial charge on any atom is -0.478 e. The highest BCUT2D eigenvalue weighted by molar-refractivity contribution is 6.05. The van der Waals surface area contributed by atoms with Crippen molar-refractivity contribution in [3.8, 4) is 0 Å². The van der Waals surface area contributed by atoms with E-state index in [0.717, 1.165) is 5.39 Å². The molecule has 1 aromatic carbocycles. The van der Waals surface area contributed by atoms with Gasteiger partial charge in [0, 0.05) is 19.5 Å². The number of carboxylic acid groups (broad SMARTS) is 1. The van der Waals surface area contributed by atoms with E-state index in [4.69, 9.17) is 5.11 Å². The third-order valence-corrected chi connectivity index (χ3v) is 2.33. The van der Waals surface area contributed by atoms with Crippen LogP contribution in [0.1, 0.15) is 10.4 Å². The average molecular weight is 205 g/mol. The van der Waals surface area contributed by atoms with Crippen LogP contribution in [0.2, 0.25) is 0 Å². The topological polar surface area (TPSA) is 67.2 Å². The fraction of sp³-hybridized carbons (Fsp3) is 0.200. The second-order valence-corrected chi connectivity index (χ2v) is 3.23. The smallest absolute Gasteiger partial charge is 0.337 e. The molecule has 0 aliphatic heterocycles.